The first-order chi connectivity index (χ1) is 16.8. The lowest BCUT2D eigenvalue weighted by molar-refractivity contribution is -0.0474. The van der Waals surface area contributed by atoms with Gasteiger partial charge < -0.3 is 19.3 Å². The van der Waals surface area contributed by atoms with Gasteiger partial charge in [-0.3, -0.25) is 0 Å². The monoisotopic (exact) mass is 571 g/mol. The molecule has 0 saturated carbocycles. The molecule has 3 rings (SSSR count). The van der Waals surface area contributed by atoms with Gasteiger partial charge in [-0.05, 0) is 36.3 Å². The Morgan fingerprint density at radius 1 is 1.08 bits per heavy atom. The van der Waals surface area contributed by atoms with Crippen LogP contribution >= 0.6 is 11.8 Å². The van der Waals surface area contributed by atoms with Crippen molar-refractivity contribution in [2.75, 3.05) is 12.3 Å². The molecule has 37 heavy (non-hydrogen) atoms. The first-order valence-corrected chi connectivity index (χ1v) is 19.7. The van der Waals surface area contributed by atoms with E-state index in [1.54, 1.807) is 11.8 Å². The molecule has 0 spiro atoms. The second kappa shape index (κ2) is 10.5. The Kier molecular flexibility index (Phi) is 8.65. The predicted octanol–water partition coefficient (Wildman–Crippen LogP) is 6.56. The van der Waals surface area contributed by atoms with Crippen LogP contribution in [0.25, 0.3) is 11.0 Å². The molecule has 0 aliphatic carbocycles. The van der Waals surface area contributed by atoms with Crippen molar-refractivity contribution < 1.29 is 18.0 Å². The molecule has 4 atom stereocenters. The maximum atomic E-state index is 16.4. The van der Waals surface area contributed by atoms with Crippen LogP contribution in [0.3, 0.4) is 0 Å². The van der Waals surface area contributed by atoms with E-state index in [2.05, 4.69) is 91.5 Å². The number of aromatic nitrogens is 4. The maximum Gasteiger partial charge on any atom is 0.192 e. The average molecular weight is 572 g/mol. The molecule has 2 aromatic heterocycles. The molecule has 1 saturated heterocycles. The summed E-state index contributed by atoms with van der Waals surface area (Å²) >= 11 is 1.54. The first-order valence-electron chi connectivity index (χ1n) is 13.0. The van der Waals surface area contributed by atoms with Gasteiger partial charge in [0.1, 0.15) is 29.4 Å². The topological polar surface area (TPSA) is 97.3 Å². The molecule has 3 heterocycles. The fourth-order valence-corrected chi connectivity index (χ4v) is 6.86. The van der Waals surface area contributed by atoms with E-state index >= 15 is 4.39 Å². The number of nitrogen functional groups attached to an aromatic ring is 1. The minimum Gasteiger partial charge on any atom is -0.414 e. The smallest absolute Gasteiger partial charge is 0.192 e. The van der Waals surface area contributed by atoms with E-state index in [-0.39, 0.29) is 21.9 Å². The zero-order chi connectivity index (χ0) is 28.1. The first kappa shape index (κ1) is 30.5. The lowest BCUT2D eigenvalue weighted by Crippen LogP contribution is -2.50. The summed E-state index contributed by atoms with van der Waals surface area (Å²) in [6, 6.07) is 0. The summed E-state index contributed by atoms with van der Waals surface area (Å²) in [5.74, 6) is 0.319. The quantitative estimate of drug-likeness (QED) is 0.281. The number of thioether (sulfide) groups is 1. The van der Waals surface area contributed by atoms with E-state index in [0.29, 0.717) is 21.9 Å². The highest BCUT2D eigenvalue weighted by molar-refractivity contribution is 8.00. The van der Waals surface area contributed by atoms with Gasteiger partial charge in [-0.25, -0.2) is 19.0 Å². The second-order valence-electron chi connectivity index (χ2n) is 13.3. The Bertz CT molecular complexity index is 1100. The molecule has 2 aromatic rings. The number of ether oxygens (including phenoxy) is 1. The van der Waals surface area contributed by atoms with Crippen LogP contribution in [0.1, 0.15) is 61.6 Å². The van der Waals surface area contributed by atoms with Crippen molar-refractivity contribution in [2.24, 2.45) is 0 Å². The number of rotatable bonds is 8. The van der Waals surface area contributed by atoms with Crippen LogP contribution in [0.15, 0.2) is 11.4 Å². The van der Waals surface area contributed by atoms with Crippen LogP contribution in [-0.4, -0.2) is 66.6 Å². The summed E-state index contributed by atoms with van der Waals surface area (Å²) in [6.07, 6.45) is -2.46. The van der Waals surface area contributed by atoms with E-state index in [9.17, 15) is 0 Å². The normalized spacial score (nSPS) is 23.9. The van der Waals surface area contributed by atoms with Crippen molar-refractivity contribution in [3.05, 3.63) is 6.33 Å². The molecule has 1 fully saturated rings. The minimum atomic E-state index is -2.32. The second-order valence-corrected chi connectivity index (χ2v) is 24.4. The van der Waals surface area contributed by atoms with Gasteiger partial charge >= 0.3 is 0 Å². The fourth-order valence-electron chi connectivity index (χ4n) is 3.64. The molecule has 0 amide bonds. The summed E-state index contributed by atoms with van der Waals surface area (Å²) < 4.78 is 37.6. The molecule has 210 valence electrons. The Morgan fingerprint density at radius 2 is 1.68 bits per heavy atom. The molecular formula is C25H46FN5O3SSi2. The van der Waals surface area contributed by atoms with E-state index < -0.39 is 41.2 Å². The molecule has 0 unspecified atom stereocenters. The standard InChI is InChI=1S/C25H46FN5O3SSi2/c1-15(2)35-22-17-20(27)28-14-29-21(17)31(30-22)23-18(26)19(34-37(11,12)25(6,7)8)16(33-23)13-32-36(9,10)24(3,4)5/h14-16,18-19,23H,13H2,1-12H3,(H2,27,28,29)/t16-,18+,19-,23-/m1/s1. The number of nitrogens with zero attached hydrogens (tertiary/aromatic N) is 4. The lowest BCUT2D eigenvalue weighted by atomic mass is 10.1. The van der Waals surface area contributed by atoms with Gasteiger partial charge in [0.15, 0.2) is 34.7 Å². The Hall–Kier alpha value is -1.06. The Labute approximate surface area is 227 Å². The molecule has 0 radical (unpaired) electrons. The zero-order valence-electron chi connectivity index (χ0n) is 24.5. The van der Waals surface area contributed by atoms with Gasteiger partial charge in [0.05, 0.1) is 12.0 Å². The number of alkyl halides is 1. The summed E-state index contributed by atoms with van der Waals surface area (Å²) in [7, 11) is -4.41. The highest BCUT2D eigenvalue weighted by atomic mass is 32.2. The van der Waals surface area contributed by atoms with Gasteiger partial charge in [-0.2, -0.15) is 5.10 Å². The van der Waals surface area contributed by atoms with Crippen molar-refractivity contribution in [3.8, 4) is 0 Å². The SMILES string of the molecule is CC(C)Sc1nn([C@@H]2O[C@H](CO[Si](C)(C)C(C)(C)C)[C@@H](O[Si](C)(C)C(C)(C)C)[C@@H]2F)c2ncnc(N)c12. The van der Waals surface area contributed by atoms with Gasteiger partial charge in [-0.1, -0.05) is 55.4 Å². The van der Waals surface area contributed by atoms with Crippen LogP contribution in [0.5, 0.6) is 0 Å². The average Bonchev–Trinajstić information content (AvgIpc) is 3.23. The van der Waals surface area contributed by atoms with E-state index in [1.807, 2.05) is 0 Å². The molecule has 0 bridgehead atoms. The Balaban J connectivity index is 2.03. The van der Waals surface area contributed by atoms with Crippen molar-refractivity contribution in [3.63, 3.8) is 0 Å². The molecule has 1 aliphatic heterocycles. The van der Waals surface area contributed by atoms with Crippen LogP contribution in [-0.2, 0) is 13.6 Å². The van der Waals surface area contributed by atoms with Crippen LogP contribution in [0, 0.1) is 0 Å². The molecule has 2 N–H and O–H groups in total. The largest absolute Gasteiger partial charge is 0.414 e. The number of hydrogen-bond acceptors (Lipinski definition) is 8. The highest BCUT2D eigenvalue weighted by Crippen LogP contribution is 2.44. The number of halogens is 1. The third-order valence-corrected chi connectivity index (χ3v) is 17.9. The van der Waals surface area contributed by atoms with Gasteiger partial charge in [0.2, 0.25) is 0 Å². The van der Waals surface area contributed by atoms with Crippen molar-refractivity contribution in [1.29, 1.82) is 0 Å². The summed E-state index contributed by atoms with van der Waals surface area (Å²) in [4.78, 5) is 8.57. The van der Waals surface area contributed by atoms with Crippen molar-refractivity contribution >= 4 is 45.2 Å². The van der Waals surface area contributed by atoms with Gasteiger partial charge in [0.25, 0.3) is 0 Å². The lowest BCUT2D eigenvalue weighted by Gasteiger charge is -2.40. The summed E-state index contributed by atoms with van der Waals surface area (Å²) in [6.45, 7) is 26.0. The number of fused-ring (bicyclic) bond motifs is 1. The predicted molar refractivity (Wildman–Crippen MR) is 155 cm³/mol. The van der Waals surface area contributed by atoms with Crippen LogP contribution in [0.2, 0.25) is 36.3 Å². The van der Waals surface area contributed by atoms with Gasteiger partial charge in [0, 0.05) is 5.25 Å². The van der Waals surface area contributed by atoms with Crippen LogP contribution < -0.4 is 5.73 Å². The summed E-state index contributed by atoms with van der Waals surface area (Å²) in [5.41, 5.74) is 6.67. The van der Waals surface area contributed by atoms with Crippen molar-refractivity contribution in [1.82, 2.24) is 19.7 Å². The number of nitrogens with two attached hydrogens (primary N) is 1. The zero-order valence-corrected chi connectivity index (χ0v) is 27.4. The minimum absolute atomic E-state index is 0.0194. The van der Waals surface area contributed by atoms with Crippen molar-refractivity contribution in [2.45, 2.75) is 127 Å². The molecular weight excluding hydrogens is 526 g/mol. The van der Waals surface area contributed by atoms with E-state index in [4.69, 9.17) is 24.4 Å². The van der Waals surface area contributed by atoms with Gasteiger partial charge in [-0.15, -0.1) is 11.8 Å². The molecule has 0 aromatic carbocycles. The Morgan fingerprint density at radius 3 is 2.22 bits per heavy atom. The summed E-state index contributed by atoms with van der Waals surface area (Å²) in [5, 5.41) is 6.21. The number of anilines is 1. The van der Waals surface area contributed by atoms with E-state index in [0.717, 1.165) is 0 Å². The van der Waals surface area contributed by atoms with E-state index in [1.165, 1.54) is 11.0 Å². The third kappa shape index (κ3) is 6.24. The third-order valence-electron chi connectivity index (χ3n) is 7.99. The molecule has 12 heteroatoms. The highest BCUT2D eigenvalue weighted by Gasteiger charge is 2.53. The molecule has 8 nitrogen and oxygen atoms in total. The maximum absolute atomic E-state index is 16.4. The fraction of sp³-hybridized carbons (Fsp3) is 0.800. The molecule has 1 aliphatic rings. The number of hydrogen-bond donors (Lipinski definition) is 1. The van der Waals surface area contributed by atoms with Crippen LogP contribution in [0.4, 0.5) is 10.2 Å².